The van der Waals surface area contributed by atoms with Gasteiger partial charge in [-0.25, -0.2) is 18.1 Å². The number of benzene rings is 2. The molecule has 0 aliphatic carbocycles. The van der Waals surface area contributed by atoms with Gasteiger partial charge in [-0.05, 0) is 43.3 Å². The molecule has 2 N–H and O–H groups in total. The van der Waals surface area contributed by atoms with Crippen molar-refractivity contribution in [2.24, 2.45) is 0 Å². The molecule has 0 saturated carbocycles. The van der Waals surface area contributed by atoms with Crippen LogP contribution in [0, 0.1) is 6.92 Å². The second-order valence-electron chi connectivity index (χ2n) is 5.98. The van der Waals surface area contributed by atoms with Crippen LogP contribution < -0.4 is 10.0 Å². The van der Waals surface area contributed by atoms with E-state index in [9.17, 15) is 13.2 Å². The molecular weight excluding hydrogens is 364 g/mol. The average Bonchev–Trinajstić information content (AvgIpc) is 3.20. The Balaban J connectivity index is 1.50. The maximum absolute atomic E-state index is 12.2. The number of aryl methyl sites for hydroxylation is 1. The van der Waals surface area contributed by atoms with Crippen LogP contribution >= 0.6 is 0 Å². The Bertz CT molecular complexity index is 996. The van der Waals surface area contributed by atoms with Crippen molar-refractivity contribution >= 4 is 15.9 Å². The molecule has 3 aromatic rings. The molecule has 0 aliphatic heterocycles. The normalized spacial score (nSPS) is 11.3. The highest BCUT2D eigenvalue weighted by molar-refractivity contribution is 7.89. The lowest BCUT2D eigenvalue weighted by atomic mass is 10.2. The molecule has 27 heavy (non-hydrogen) atoms. The number of carbonyl (C=O) groups excluding carboxylic acids is 1. The van der Waals surface area contributed by atoms with E-state index >= 15 is 0 Å². The quantitative estimate of drug-likeness (QED) is 0.609. The van der Waals surface area contributed by atoms with Gasteiger partial charge in [0.25, 0.3) is 5.91 Å². The van der Waals surface area contributed by atoms with Crippen LogP contribution in [0.5, 0.6) is 0 Å². The third-order valence-electron chi connectivity index (χ3n) is 3.97. The summed E-state index contributed by atoms with van der Waals surface area (Å²) in [5.74, 6) is -0.262. The summed E-state index contributed by atoms with van der Waals surface area (Å²) in [6.07, 6.45) is 5.17. The summed E-state index contributed by atoms with van der Waals surface area (Å²) in [5, 5.41) is 2.70. The van der Waals surface area contributed by atoms with Crippen molar-refractivity contribution in [2.45, 2.75) is 11.8 Å². The first-order valence-corrected chi connectivity index (χ1v) is 9.87. The fourth-order valence-corrected chi connectivity index (χ4v) is 3.49. The maximum atomic E-state index is 12.2. The molecule has 0 aliphatic rings. The molecule has 3 rings (SSSR count). The number of nitrogens with one attached hydrogen (secondary N) is 2. The largest absolute Gasteiger partial charge is 0.351 e. The summed E-state index contributed by atoms with van der Waals surface area (Å²) in [5.41, 5.74) is 2.38. The summed E-state index contributed by atoms with van der Waals surface area (Å²) >= 11 is 0. The minimum Gasteiger partial charge on any atom is -0.351 e. The third kappa shape index (κ3) is 4.81. The summed E-state index contributed by atoms with van der Waals surface area (Å²) in [6, 6.07) is 13.6. The molecule has 0 atom stereocenters. The molecule has 0 saturated heterocycles. The van der Waals surface area contributed by atoms with E-state index in [1.54, 1.807) is 48.9 Å². The standard InChI is InChI=1S/C19H20N4O3S/c1-15-2-8-18(9-3-15)27(25,26)22-11-10-21-19(24)16-4-6-17(7-5-16)23-13-12-20-14-23/h2-9,12-14,22H,10-11H2,1H3,(H,21,24). The number of rotatable bonds is 7. The molecule has 7 nitrogen and oxygen atoms in total. The Labute approximate surface area is 158 Å². The first-order valence-electron chi connectivity index (χ1n) is 8.39. The van der Waals surface area contributed by atoms with Crippen LogP contribution in [0.1, 0.15) is 15.9 Å². The number of amides is 1. The molecule has 1 aromatic heterocycles. The highest BCUT2D eigenvalue weighted by Gasteiger charge is 2.13. The summed E-state index contributed by atoms with van der Waals surface area (Å²) < 4.78 is 28.7. The van der Waals surface area contributed by atoms with Crippen LogP contribution in [0.2, 0.25) is 0 Å². The Morgan fingerprint density at radius 1 is 1.04 bits per heavy atom. The zero-order valence-corrected chi connectivity index (χ0v) is 15.6. The van der Waals surface area contributed by atoms with Crippen molar-refractivity contribution in [3.63, 3.8) is 0 Å². The minimum absolute atomic E-state index is 0.106. The lowest BCUT2D eigenvalue weighted by molar-refractivity contribution is 0.0954. The smallest absolute Gasteiger partial charge is 0.251 e. The van der Waals surface area contributed by atoms with E-state index in [1.165, 1.54) is 0 Å². The van der Waals surface area contributed by atoms with Crippen LogP contribution in [-0.4, -0.2) is 37.0 Å². The average molecular weight is 384 g/mol. The Hall–Kier alpha value is -2.97. The molecule has 1 amide bonds. The van der Waals surface area contributed by atoms with Gasteiger partial charge in [-0.1, -0.05) is 17.7 Å². The van der Waals surface area contributed by atoms with E-state index in [0.29, 0.717) is 5.56 Å². The third-order valence-corrected chi connectivity index (χ3v) is 5.44. The van der Waals surface area contributed by atoms with Crippen molar-refractivity contribution in [2.75, 3.05) is 13.1 Å². The van der Waals surface area contributed by atoms with E-state index in [0.717, 1.165) is 11.3 Å². The van der Waals surface area contributed by atoms with Gasteiger partial charge in [-0.2, -0.15) is 0 Å². The predicted octanol–water partition coefficient (Wildman–Crippen LogP) is 1.89. The molecule has 140 valence electrons. The van der Waals surface area contributed by atoms with Crippen LogP contribution in [-0.2, 0) is 10.0 Å². The van der Waals surface area contributed by atoms with Gasteiger partial charge in [0.15, 0.2) is 0 Å². The zero-order valence-electron chi connectivity index (χ0n) is 14.8. The second-order valence-corrected chi connectivity index (χ2v) is 7.75. The molecule has 0 fully saturated rings. The second kappa shape index (κ2) is 8.15. The van der Waals surface area contributed by atoms with Crippen LogP contribution in [0.3, 0.4) is 0 Å². The van der Waals surface area contributed by atoms with Gasteiger partial charge in [-0.3, -0.25) is 4.79 Å². The van der Waals surface area contributed by atoms with Gasteiger partial charge in [0.1, 0.15) is 0 Å². The molecule has 2 aromatic carbocycles. The summed E-state index contributed by atoms with van der Waals surface area (Å²) in [4.78, 5) is 16.3. The number of carbonyl (C=O) groups is 1. The predicted molar refractivity (Wildman–Crippen MR) is 102 cm³/mol. The van der Waals surface area contributed by atoms with Gasteiger partial charge >= 0.3 is 0 Å². The molecule has 1 heterocycles. The van der Waals surface area contributed by atoms with Crippen LogP contribution in [0.15, 0.2) is 72.1 Å². The molecule has 0 unspecified atom stereocenters. The van der Waals surface area contributed by atoms with Gasteiger partial charge in [-0.15, -0.1) is 0 Å². The van der Waals surface area contributed by atoms with Crippen molar-refractivity contribution in [3.05, 3.63) is 78.4 Å². The highest BCUT2D eigenvalue weighted by Crippen LogP contribution is 2.10. The van der Waals surface area contributed by atoms with Gasteiger partial charge in [0, 0.05) is 36.7 Å². The Morgan fingerprint density at radius 2 is 1.74 bits per heavy atom. The van der Waals surface area contributed by atoms with Gasteiger partial charge in [0.05, 0.1) is 11.2 Å². The van der Waals surface area contributed by atoms with Gasteiger partial charge in [0.2, 0.25) is 10.0 Å². The fraction of sp³-hybridized carbons (Fsp3) is 0.158. The van der Waals surface area contributed by atoms with E-state index < -0.39 is 10.0 Å². The molecule has 8 heteroatoms. The number of hydrogen-bond donors (Lipinski definition) is 2. The van der Waals surface area contributed by atoms with Crippen molar-refractivity contribution in [1.82, 2.24) is 19.6 Å². The lowest BCUT2D eigenvalue weighted by Crippen LogP contribution is -2.34. The molecule has 0 bridgehead atoms. The van der Waals surface area contributed by atoms with E-state index in [4.69, 9.17) is 0 Å². The summed E-state index contributed by atoms with van der Waals surface area (Å²) in [6.45, 7) is 2.18. The van der Waals surface area contributed by atoms with Crippen molar-refractivity contribution < 1.29 is 13.2 Å². The zero-order chi connectivity index (χ0) is 19.3. The topological polar surface area (TPSA) is 93.1 Å². The minimum atomic E-state index is -3.58. The number of sulfonamides is 1. The number of imidazole rings is 1. The van der Waals surface area contributed by atoms with Crippen molar-refractivity contribution in [1.29, 1.82) is 0 Å². The highest BCUT2D eigenvalue weighted by atomic mass is 32.2. The first kappa shape index (κ1) is 18.8. The summed E-state index contributed by atoms with van der Waals surface area (Å²) in [7, 11) is -3.58. The lowest BCUT2D eigenvalue weighted by Gasteiger charge is -2.09. The fourth-order valence-electron chi connectivity index (χ4n) is 2.46. The Morgan fingerprint density at radius 3 is 2.37 bits per heavy atom. The monoisotopic (exact) mass is 384 g/mol. The number of hydrogen-bond acceptors (Lipinski definition) is 4. The molecule has 0 radical (unpaired) electrons. The van der Waals surface area contributed by atoms with Crippen molar-refractivity contribution in [3.8, 4) is 5.69 Å². The first-order chi connectivity index (χ1) is 13.0. The van der Waals surface area contributed by atoms with Crippen LogP contribution in [0.25, 0.3) is 5.69 Å². The van der Waals surface area contributed by atoms with Gasteiger partial charge < -0.3 is 9.88 Å². The number of aromatic nitrogens is 2. The SMILES string of the molecule is Cc1ccc(S(=O)(=O)NCCNC(=O)c2ccc(-n3ccnc3)cc2)cc1. The molecular formula is C19H20N4O3S. The Kier molecular flexibility index (Phi) is 5.68. The molecule has 0 spiro atoms. The van der Waals surface area contributed by atoms with Crippen LogP contribution in [0.4, 0.5) is 0 Å². The van der Waals surface area contributed by atoms with E-state index in [1.807, 2.05) is 29.8 Å². The number of nitrogens with zero attached hydrogens (tertiary/aromatic N) is 2. The van der Waals surface area contributed by atoms with E-state index in [-0.39, 0.29) is 23.9 Å². The maximum Gasteiger partial charge on any atom is 0.251 e. The van der Waals surface area contributed by atoms with E-state index in [2.05, 4.69) is 15.0 Å².